The van der Waals surface area contributed by atoms with Gasteiger partial charge in [0, 0.05) is 6.54 Å². The highest BCUT2D eigenvalue weighted by Crippen LogP contribution is 2.11. The van der Waals surface area contributed by atoms with Gasteiger partial charge in [-0.05, 0) is 31.0 Å². The van der Waals surface area contributed by atoms with Crippen LogP contribution in [0.3, 0.4) is 0 Å². The van der Waals surface area contributed by atoms with Gasteiger partial charge in [0.05, 0.1) is 12.6 Å². The van der Waals surface area contributed by atoms with Crippen LogP contribution >= 0.6 is 0 Å². The molecule has 6 N–H and O–H groups in total. The number of rotatable bonds is 6. The molecular formula is C13H20N2O4. The van der Waals surface area contributed by atoms with Crippen molar-refractivity contribution >= 4 is 5.91 Å². The van der Waals surface area contributed by atoms with Crippen LogP contribution in [-0.2, 0) is 11.2 Å². The van der Waals surface area contributed by atoms with E-state index in [4.69, 9.17) is 15.9 Å². The van der Waals surface area contributed by atoms with E-state index >= 15 is 0 Å². The molecule has 6 heteroatoms. The Hall–Kier alpha value is -1.63. The van der Waals surface area contributed by atoms with Crippen molar-refractivity contribution < 1.29 is 20.1 Å². The Labute approximate surface area is 111 Å². The summed E-state index contributed by atoms with van der Waals surface area (Å²) in [6.45, 7) is 0.908. The van der Waals surface area contributed by atoms with Gasteiger partial charge < -0.3 is 26.4 Å². The number of phenols is 1. The number of aliphatic hydroxyl groups is 2. The Morgan fingerprint density at radius 1 is 1.42 bits per heavy atom. The van der Waals surface area contributed by atoms with Crippen molar-refractivity contribution in [3.8, 4) is 5.75 Å². The molecule has 1 unspecified atom stereocenters. The highest BCUT2D eigenvalue weighted by molar-refractivity contribution is 5.81. The number of aromatic hydroxyl groups is 1. The number of hydrogen-bond acceptors (Lipinski definition) is 5. The predicted octanol–water partition coefficient (Wildman–Crippen LogP) is -0.878. The van der Waals surface area contributed by atoms with E-state index in [0.29, 0.717) is 6.42 Å². The van der Waals surface area contributed by atoms with Crippen LogP contribution in [0.15, 0.2) is 24.3 Å². The number of nitrogens with one attached hydrogen (secondary N) is 1. The summed E-state index contributed by atoms with van der Waals surface area (Å²) in [7, 11) is 0. The van der Waals surface area contributed by atoms with Crippen molar-refractivity contribution in [3.05, 3.63) is 29.8 Å². The Kier molecular flexibility index (Phi) is 5.29. The molecule has 0 aliphatic rings. The summed E-state index contributed by atoms with van der Waals surface area (Å²) in [6, 6.07) is 5.67. The SMILES string of the molecule is CC(O)(CO)CNC(=O)[C@@H](N)Cc1ccc(O)cc1. The number of phenolic OH excluding ortho intramolecular Hbond substituents is 1. The van der Waals surface area contributed by atoms with E-state index in [1.54, 1.807) is 12.1 Å². The maximum atomic E-state index is 11.7. The average Bonchev–Trinajstić information content (AvgIpc) is 2.38. The largest absolute Gasteiger partial charge is 0.508 e. The third-order valence-corrected chi connectivity index (χ3v) is 2.71. The minimum absolute atomic E-state index is 0.0639. The summed E-state index contributed by atoms with van der Waals surface area (Å²) in [5, 5.41) is 30.0. The first-order valence-electron chi connectivity index (χ1n) is 5.98. The Morgan fingerprint density at radius 3 is 2.53 bits per heavy atom. The van der Waals surface area contributed by atoms with Crippen molar-refractivity contribution in [1.29, 1.82) is 0 Å². The smallest absolute Gasteiger partial charge is 0.237 e. The van der Waals surface area contributed by atoms with Crippen molar-refractivity contribution in [3.63, 3.8) is 0 Å². The van der Waals surface area contributed by atoms with E-state index in [9.17, 15) is 9.90 Å². The molecule has 2 atom stereocenters. The van der Waals surface area contributed by atoms with Crippen LogP contribution in [0.5, 0.6) is 5.75 Å². The summed E-state index contributed by atoms with van der Waals surface area (Å²) in [5.74, 6) is -0.248. The topological polar surface area (TPSA) is 116 Å². The molecule has 0 aromatic heterocycles. The monoisotopic (exact) mass is 268 g/mol. The van der Waals surface area contributed by atoms with E-state index in [0.717, 1.165) is 5.56 Å². The van der Waals surface area contributed by atoms with Gasteiger partial charge in [0.2, 0.25) is 5.91 Å². The summed E-state index contributed by atoms with van der Waals surface area (Å²) < 4.78 is 0. The van der Waals surface area contributed by atoms with Gasteiger partial charge in [0.25, 0.3) is 0 Å². The van der Waals surface area contributed by atoms with Crippen LogP contribution in [0.2, 0.25) is 0 Å². The molecule has 0 spiro atoms. The first-order chi connectivity index (χ1) is 8.84. The first kappa shape index (κ1) is 15.4. The van der Waals surface area contributed by atoms with Gasteiger partial charge in [-0.2, -0.15) is 0 Å². The molecule has 106 valence electrons. The summed E-state index contributed by atoms with van der Waals surface area (Å²) >= 11 is 0. The fourth-order valence-corrected chi connectivity index (χ4v) is 1.44. The summed E-state index contributed by atoms with van der Waals surface area (Å²) in [6.07, 6.45) is 0.327. The molecule has 1 amide bonds. The second-order valence-corrected chi connectivity index (χ2v) is 4.85. The molecule has 0 bridgehead atoms. The van der Waals surface area contributed by atoms with Crippen molar-refractivity contribution in [2.75, 3.05) is 13.2 Å². The number of amides is 1. The molecule has 6 nitrogen and oxygen atoms in total. The molecule has 0 heterocycles. The highest BCUT2D eigenvalue weighted by atomic mass is 16.3. The minimum atomic E-state index is -1.35. The average molecular weight is 268 g/mol. The van der Waals surface area contributed by atoms with E-state index in [-0.39, 0.29) is 12.3 Å². The van der Waals surface area contributed by atoms with Crippen molar-refractivity contribution in [2.45, 2.75) is 25.0 Å². The summed E-state index contributed by atoms with van der Waals surface area (Å²) in [4.78, 5) is 11.7. The van der Waals surface area contributed by atoms with Crippen molar-refractivity contribution in [1.82, 2.24) is 5.32 Å². The lowest BCUT2D eigenvalue weighted by Crippen LogP contribution is -2.49. The van der Waals surface area contributed by atoms with Crippen LogP contribution in [0.4, 0.5) is 0 Å². The third-order valence-electron chi connectivity index (χ3n) is 2.71. The van der Waals surface area contributed by atoms with E-state index in [1.165, 1.54) is 19.1 Å². The number of carbonyl (C=O) groups is 1. The number of carbonyl (C=O) groups excluding carboxylic acids is 1. The molecule has 0 saturated carbocycles. The molecule has 1 aromatic rings. The zero-order chi connectivity index (χ0) is 14.5. The summed E-state index contributed by atoms with van der Waals surface area (Å²) in [5.41, 5.74) is 5.21. The highest BCUT2D eigenvalue weighted by Gasteiger charge is 2.22. The first-order valence-corrected chi connectivity index (χ1v) is 5.98. The van der Waals surface area contributed by atoms with Gasteiger partial charge in [-0.3, -0.25) is 4.79 Å². The van der Waals surface area contributed by atoms with Crippen molar-refractivity contribution in [2.24, 2.45) is 5.73 Å². The number of nitrogens with two attached hydrogens (primary N) is 1. The van der Waals surface area contributed by atoms with E-state index in [2.05, 4.69) is 5.32 Å². The van der Waals surface area contributed by atoms with E-state index < -0.39 is 24.2 Å². The normalized spacial score (nSPS) is 15.6. The molecule has 0 radical (unpaired) electrons. The van der Waals surface area contributed by atoms with Gasteiger partial charge >= 0.3 is 0 Å². The Morgan fingerprint density at radius 2 is 2.00 bits per heavy atom. The fraction of sp³-hybridized carbons (Fsp3) is 0.462. The number of hydrogen-bond donors (Lipinski definition) is 5. The van der Waals surface area contributed by atoms with Gasteiger partial charge in [-0.15, -0.1) is 0 Å². The lowest BCUT2D eigenvalue weighted by Gasteiger charge is -2.22. The van der Waals surface area contributed by atoms with Crippen LogP contribution in [0, 0.1) is 0 Å². The Bertz CT molecular complexity index is 417. The Balaban J connectivity index is 2.47. The molecular weight excluding hydrogens is 248 g/mol. The quantitative estimate of drug-likeness (QED) is 0.459. The molecule has 1 rings (SSSR count). The van der Waals surface area contributed by atoms with Crippen LogP contribution in [0.1, 0.15) is 12.5 Å². The lowest BCUT2D eigenvalue weighted by molar-refractivity contribution is -0.123. The molecule has 1 aromatic carbocycles. The molecule has 19 heavy (non-hydrogen) atoms. The second kappa shape index (κ2) is 6.51. The number of aliphatic hydroxyl groups excluding tert-OH is 1. The third kappa shape index (κ3) is 5.25. The van der Waals surface area contributed by atoms with Gasteiger partial charge in [-0.25, -0.2) is 0 Å². The molecule has 0 aliphatic heterocycles. The minimum Gasteiger partial charge on any atom is -0.508 e. The lowest BCUT2D eigenvalue weighted by atomic mass is 10.0. The standard InChI is InChI=1S/C13H20N2O4/c1-13(19,8-16)7-15-12(18)11(14)6-9-2-4-10(17)5-3-9/h2-5,11,16-17,19H,6-8,14H2,1H3,(H,15,18)/t11-,13?/m0/s1. The van der Waals surface area contributed by atoms with Crippen LogP contribution < -0.4 is 11.1 Å². The second-order valence-electron chi connectivity index (χ2n) is 4.85. The van der Waals surface area contributed by atoms with Crippen LogP contribution in [-0.4, -0.2) is 46.0 Å². The molecule has 0 fully saturated rings. The zero-order valence-corrected chi connectivity index (χ0v) is 10.8. The number of benzene rings is 1. The maximum Gasteiger partial charge on any atom is 0.237 e. The van der Waals surface area contributed by atoms with Gasteiger partial charge in [0.15, 0.2) is 0 Å². The van der Waals surface area contributed by atoms with Gasteiger partial charge in [0.1, 0.15) is 11.4 Å². The molecule has 0 aliphatic carbocycles. The van der Waals surface area contributed by atoms with Gasteiger partial charge in [-0.1, -0.05) is 12.1 Å². The fourth-order valence-electron chi connectivity index (χ4n) is 1.44. The zero-order valence-electron chi connectivity index (χ0n) is 10.8. The van der Waals surface area contributed by atoms with Crippen LogP contribution in [0.25, 0.3) is 0 Å². The maximum absolute atomic E-state index is 11.7. The molecule has 0 saturated heterocycles. The predicted molar refractivity (Wildman–Crippen MR) is 70.5 cm³/mol. The van der Waals surface area contributed by atoms with E-state index in [1.807, 2.05) is 0 Å².